The van der Waals surface area contributed by atoms with Crippen molar-refractivity contribution in [3.8, 4) is 6.07 Å². The summed E-state index contributed by atoms with van der Waals surface area (Å²) in [5.74, 6) is 0.00329. The molecule has 24 heavy (non-hydrogen) atoms. The van der Waals surface area contributed by atoms with Gasteiger partial charge in [-0.3, -0.25) is 0 Å². The highest BCUT2D eigenvalue weighted by Gasteiger charge is 2.43. The molecule has 0 amide bonds. The third-order valence-electron chi connectivity index (χ3n) is 5.04. The topological polar surface area (TPSA) is 33.0 Å². The van der Waals surface area contributed by atoms with Crippen LogP contribution in [0.2, 0.25) is 0 Å². The second-order valence-corrected chi connectivity index (χ2v) is 6.96. The van der Waals surface area contributed by atoms with Crippen LogP contribution in [0.1, 0.15) is 54.0 Å². The standard InChI is InChI=1S/C22H25NO/c1-4-5-18(14-23)13-22(20-9-6-16(2)7-10-20)21-11-8-17(3)12-19(21)15-24-22/h6-12,18H,4-5,13,15H2,1-3H3. The van der Waals surface area contributed by atoms with Crippen molar-refractivity contribution in [1.82, 2.24) is 0 Å². The lowest BCUT2D eigenvalue weighted by Crippen LogP contribution is -2.30. The Morgan fingerprint density at radius 3 is 2.50 bits per heavy atom. The Bertz CT molecular complexity index is 757. The van der Waals surface area contributed by atoms with Gasteiger partial charge in [0.1, 0.15) is 5.60 Å². The van der Waals surface area contributed by atoms with Gasteiger partial charge in [-0.15, -0.1) is 0 Å². The van der Waals surface area contributed by atoms with Gasteiger partial charge in [0.2, 0.25) is 0 Å². The number of fused-ring (bicyclic) bond motifs is 1. The lowest BCUT2D eigenvalue weighted by Gasteiger charge is -2.32. The van der Waals surface area contributed by atoms with Crippen LogP contribution < -0.4 is 0 Å². The Labute approximate surface area is 145 Å². The Morgan fingerprint density at radius 2 is 1.83 bits per heavy atom. The van der Waals surface area contributed by atoms with Gasteiger partial charge in [0, 0.05) is 12.3 Å². The zero-order valence-electron chi connectivity index (χ0n) is 14.8. The second kappa shape index (κ2) is 6.79. The van der Waals surface area contributed by atoms with Gasteiger partial charge in [0.15, 0.2) is 0 Å². The number of nitrogens with zero attached hydrogens (tertiary/aromatic N) is 1. The molecule has 2 aromatic rings. The van der Waals surface area contributed by atoms with Crippen molar-refractivity contribution in [2.24, 2.45) is 5.92 Å². The van der Waals surface area contributed by atoms with Gasteiger partial charge in [-0.25, -0.2) is 0 Å². The molecule has 0 saturated heterocycles. The van der Waals surface area contributed by atoms with Gasteiger partial charge in [0.25, 0.3) is 0 Å². The molecule has 1 aliphatic rings. The van der Waals surface area contributed by atoms with E-state index in [2.05, 4.69) is 69.3 Å². The molecule has 0 fully saturated rings. The van der Waals surface area contributed by atoms with Crippen LogP contribution in [0.15, 0.2) is 42.5 Å². The first kappa shape index (κ1) is 16.7. The number of aryl methyl sites for hydroxylation is 2. The lowest BCUT2D eigenvalue weighted by molar-refractivity contribution is -0.0192. The zero-order chi connectivity index (χ0) is 17.2. The van der Waals surface area contributed by atoms with E-state index in [-0.39, 0.29) is 5.92 Å². The Morgan fingerprint density at radius 1 is 1.12 bits per heavy atom. The van der Waals surface area contributed by atoms with Crippen LogP contribution >= 0.6 is 0 Å². The molecule has 0 aliphatic carbocycles. The Hall–Kier alpha value is -2.11. The van der Waals surface area contributed by atoms with E-state index in [0.717, 1.165) is 24.8 Å². The maximum atomic E-state index is 9.61. The van der Waals surface area contributed by atoms with Gasteiger partial charge >= 0.3 is 0 Å². The number of hydrogen-bond acceptors (Lipinski definition) is 2. The lowest BCUT2D eigenvalue weighted by atomic mass is 9.78. The molecule has 3 rings (SSSR count). The van der Waals surface area contributed by atoms with Crippen molar-refractivity contribution in [2.75, 3.05) is 0 Å². The molecule has 2 atom stereocenters. The monoisotopic (exact) mass is 319 g/mol. The van der Waals surface area contributed by atoms with Crippen molar-refractivity contribution in [3.63, 3.8) is 0 Å². The summed E-state index contributed by atoms with van der Waals surface area (Å²) in [6, 6.07) is 17.6. The molecule has 1 aliphatic heterocycles. The molecule has 0 aromatic heterocycles. The van der Waals surface area contributed by atoms with Crippen LogP contribution in [-0.2, 0) is 16.9 Å². The highest BCUT2D eigenvalue weighted by molar-refractivity contribution is 5.46. The summed E-state index contributed by atoms with van der Waals surface area (Å²) in [4.78, 5) is 0. The first-order valence-corrected chi connectivity index (χ1v) is 8.80. The van der Waals surface area contributed by atoms with Crippen molar-refractivity contribution < 1.29 is 4.74 Å². The van der Waals surface area contributed by atoms with Gasteiger partial charge in [-0.05, 0) is 37.0 Å². The highest BCUT2D eigenvalue weighted by Crippen LogP contribution is 2.47. The first-order valence-electron chi connectivity index (χ1n) is 8.80. The van der Waals surface area contributed by atoms with E-state index in [1.54, 1.807) is 0 Å². The van der Waals surface area contributed by atoms with E-state index < -0.39 is 5.60 Å². The van der Waals surface area contributed by atoms with Crippen LogP contribution in [-0.4, -0.2) is 0 Å². The smallest absolute Gasteiger partial charge is 0.120 e. The largest absolute Gasteiger partial charge is 0.361 e. The average Bonchev–Trinajstić information content (AvgIpc) is 2.94. The number of rotatable bonds is 5. The van der Waals surface area contributed by atoms with E-state index in [1.807, 2.05) is 0 Å². The minimum Gasteiger partial charge on any atom is -0.361 e. The fraction of sp³-hybridized carbons (Fsp3) is 0.409. The summed E-state index contributed by atoms with van der Waals surface area (Å²) in [6.07, 6.45) is 2.65. The van der Waals surface area contributed by atoms with E-state index in [0.29, 0.717) is 6.61 Å². The molecule has 0 spiro atoms. The second-order valence-electron chi connectivity index (χ2n) is 6.96. The van der Waals surface area contributed by atoms with Crippen LogP contribution in [0, 0.1) is 31.1 Å². The number of benzene rings is 2. The fourth-order valence-electron chi connectivity index (χ4n) is 3.77. The van der Waals surface area contributed by atoms with Crippen LogP contribution in [0.25, 0.3) is 0 Å². The van der Waals surface area contributed by atoms with Crippen molar-refractivity contribution >= 4 is 0 Å². The summed E-state index contributed by atoms with van der Waals surface area (Å²) in [6.45, 7) is 6.96. The predicted octanol–water partition coefficient (Wildman–Crippen LogP) is 5.41. The number of ether oxygens (including phenoxy) is 1. The molecule has 0 saturated carbocycles. The summed E-state index contributed by atoms with van der Waals surface area (Å²) in [7, 11) is 0. The van der Waals surface area contributed by atoms with Crippen LogP contribution in [0.3, 0.4) is 0 Å². The molecule has 2 unspecified atom stereocenters. The number of nitriles is 1. The molecule has 2 nitrogen and oxygen atoms in total. The third-order valence-corrected chi connectivity index (χ3v) is 5.04. The van der Waals surface area contributed by atoms with Gasteiger partial charge in [-0.1, -0.05) is 66.9 Å². The van der Waals surface area contributed by atoms with E-state index in [1.165, 1.54) is 22.3 Å². The number of hydrogen-bond donors (Lipinski definition) is 0. The molecule has 2 heteroatoms. The van der Waals surface area contributed by atoms with Crippen molar-refractivity contribution in [2.45, 2.75) is 52.2 Å². The van der Waals surface area contributed by atoms with Crippen LogP contribution in [0.5, 0.6) is 0 Å². The van der Waals surface area contributed by atoms with E-state index in [4.69, 9.17) is 4.74 Å². The molecule has 2 aromatic carbocycles. The van der Waals surface area contributed by atoms with Crippen molar-refractivity contribution in [3.05, 3.63) is 70.3 Å². The summed E-state index contributed by atoms with van der Waals surface area (Å²) >= 11 is 0. The first-order chi connectivity index (χ1) is 11.6. The Balaban J connectivity index is 2.10. The SMILES string of the molecule is CCCC(C#N)CC1(c2ccc(C)cc2)OCc2cc(C)ccc21. The molecule has 124 valence electrons. The molecule has 0 bridgehead atoms. The third kappa shape index (κ3) is 2.97. The zero-order valence-corrected chi connectivity index (χ0v) is 14.8. The predicted molar refractivity (Wildman–Crippen MR) is 96.6 cm³/mol. The normalized spacial score (nSPS) is 20.4. The molecule has 0 N–H and O–H groups in total. The molecule has 1 heterocycles. The molecular formula is C22H25NO. The van der Waals surface area contributed by atoms with Gasteiger partial charge < -0.3 is 4.74 Å². The summed E-state index contributed by atoms with van der Waals surface area (Å²) < 4.78 is 6.42. The van der Waals surface area contributed by atoms with Gasteiger partial charge in [0.05, 0.1) is 12.7 Å². The summed E-state index contributed by atoms with van der Waals surface area (Å²) in [5, 5.41) is 9.61. The van der Waals surface area contributed by atoms with Crippen molar-refractivity contribution in [1.29, 1.82) is 5.26 Å². The highest BCUT2D eigenvalue weighted by atomic mass is 16.5. The minimum absolute atomic E-state index is 0.00329. The maximum absolute atomic E-state index is 9.61. The fourth-order valence-corrected chi connectivity index (χ4v) is 3.77. The van der Waals surface area contributed by atoms with Crippen LogP contribution in [0.4, 0.5) is 0 Å². The summed E-state index contributed by atoms with van der Waals surface area (Å²) in [5.41, 5.74) is 5.64. The minimum atomic E-state index is -0.494. The Kier molecular flexibility index (Phi) is 4.73. The van der Waals surface area contributed by atoms with E-state index in [9.17, 15) is 5.26 Å². The molecule has 0 radical (unpaired) electrons. The average molecular weight is 319 g/mol. The maximum Gasteiger partial charge on any atom is 0.120 e. The quantitative estimate of drug-likeness (QED) is 0.738. The molecular weight excluding hydrogens is 294 g/mol. The van der Waals surface area contributed by atoms with Gasteiger partial charge in [-0.2, -0.15) is 5.26 Å². The van der Waals surface area contributed by atoms with E-state index >= 15 is 0 Å².